The van der Waals surface area contributed by atoms with Gasteiger partial charge < -0.3 is 16.0 Å². The van der Waals surface area contributed by atoms with Crippen LogP contribution in [0.15, 0.2) is 59.6 Å². The first-order chi connectivity index (χ1) is 12.4. The summed E-state index contributed by atoms with van der Waals surface area (Å²) >= 11 is 0. The van der Waals surface area contributed by atoms with Crippen molar-refractivity contribution in [2.24, 2.45) is 4.99 Å². The van der Waals surface area contributed by atoms with Gasteiger partial charge in [-0.1, -0.05) is 30.3 Å². The van der Waals surface area contributed by atoms with Gasteiger partial charge in [-0.05, 0) is 29.8 Å². The van der Waals surface area contributed by atoms with Gasteiger partial charge in [0.2, 0.25) is 5.91 Å². The molecular weight excluding hydrogens is 472 g/mol. The summed E-state index contributed by atoms with van der Waals surface area (Å²) in [6, 6.07) is 14.0. The van der Waals surface area contributed by atoms with Crippen LogP contribution < -0.4 is 16.0 Å². The lowest BCUT2D eigenvalue weighted by molar-refractivity contribution is -0.137. The van der Waals surface area contributed by atoms with Crippen LogP contribution in [0.2, 0.25) is 0 Å². The standard InChI is InChI=1S/C18H19F3N4O.HI/c1-22-17(24-12-16(26)25-15-8-3-2-4-9-15)23-11-13-6-5-7-14(10-13)18(19,20)21;/h2-10H,11-12H2,1H3,(H,25,26)(H2,22,23,24);1H. The fraction of sp³-hybridized carbons (Fsp3) is 0.222. The molecule has 0 heterocycles. The van der Waals surface area contributed by atoms with Gasteiger partial charge in [-0.3, -0.25) is 9.79 Å². The third-order valence-corrected chi connectivity index (χ3v) is 3.41. The Morgan fingerprint density at radius 1 is 1.04 bits per heavy atom. The van der Waals surface area contributed by atoms with Crippen molar-refractivity contribution in [1.82, 2.24) is 10.6 Å². The number of guanidine groups is 1. The third-order valence-electron chi connectivity index (χ3n) is 3.41. The Morgan fingerprint density at radius 3 is 2.37 bits per heavy atom. The minimum atomic E-state index is -4.38. The summed E-state index contributed by atoms with van der Waals surface area (Å²) in [7, 11) is 1.51. The monoisotopic (exact) mass is 492 g/mol. The Kier molecular flexibility index (Phi) is 9.06. The van der Waals surface area contributed by atoms with Crippen LogP contribution in [0.5, 0.6) is 0 Å². The zero-order chi connectivity index (χ0) is 19.0. The average Bonchev–Trinajstić information content (AvgIpc) is 2.62. The van der Waals surface area contributed by atoms with E-state index < -0.39 is 11.7 Å². The van der Waals surface area contributed by atoms with Gasteiger partial charge >= 0.3 is 6.18 Å². The molecule has 0 aliphatic carbocycles. The molecule has 0 saturated heterocycles. The Morgan fingerprint density at radius 2 is 1.74 bits per heavy atom. The highest BCUT2D eigenvalue weighted by molar-refractivity contribution is 14.0. The normalized spacial score (nSPS) is 11.3. The molecule has 2 aromatic rings. The summed E-state index contributed by atoms with van der Waals surface area (Å²) in [6.07, 6.45) is -4.38. The number of nitrogens with one attached hydrogen (secondary N) is 3. The molecule has 0 bridgehead atoms. The fourth-order valence-corrected chi connectivity index (χ4v) is 2.15. The highest BCUT2D eigenvalue weighted by Crippen LogP contribution is 2.29. The summed E-state index contributed by atoms with van der Waals surface area (Å²) in [5.74, 6) is 0.0452. The molecule has 0 fully saturated rings. The highest BCUT2D eigenvalue weighted by Gasteiger charge is 2.30. The number of anilines is 1. The number of carbonyl (C=O) groups excluding carboxylic acids is 1. The van der Waals surface area contributed by atoms with Gasteiger partial charge in [0.05, 0.1) is 12.1 Å². The summed E-state index contributed by atoms with van der Waals surface area (Å²) in [6.45, 7) is 0.112. The summed E-state index contributed by atoms with van der Waals surface area (Å²) < 4.78 is 38.2. The van der Waals surface area contributed by atoms with Crippen molar-refractivity contribution in [2.45, 2.75) is 12.7 Å². The molecule has 146 valence electrons. The number of rotatable bonds is 5. The maximum atomic E-state index is 12.7. The topological polar surface area (TPSA) is 65.5 Å². The molecule has 2 aromatic carbocycles. The maximum absolute atomic E-state index is 12.7. The zero-order valence-corrected chi connectivity index (χ0v) is 16.8. The highest BCUT2D eigenvalue weighted by atomic mass is 127. The van der Waals surface area contributed by atoms with E-state index in [0.717, 1.165) is 12.1 Å². The SMILES string of the molecule is CN=C(NCC(=O)Nc1ccccc1)NCc1cccc(C(F)(F)F)c1.I. The number of alkyl halides is 3. The number of carbonyl (C=O) groups is 1. The number of halogens is 4. The Bertz CT molecular complexity index is 767. The van der Waals surface area contributed by atoms with Crippen molar-refractivity contribution >= 4 is 41.5 Å². The molecule has 0 aliphatic rings. The summed E-state index contributed by atoms with van der Waals surface area (Å²) in [5, 5.41) is 8.39. The molecule has 5 nitrogen and oxygen atoms in total. The smallest absolute Gasteiger partial charge is 0.352 e. The first-order valence-corrected chi connectivity index (χ1v) is 7.84. The van der Waals surface area contributed by atoms with E-state index in [-0.39, 0.29) is 43.0 Å². The molecule has 2 rings (SSSR count). The van der Waals surface area contributed by atoms with Crippen LogP contribution in [-0.4, -0.2) is 25.5 Å². The van der Waals surface area contributed by atoms with Gasteiger partial charge in [-0.2, -0.15) is 13.2 Å². The van der Waals surface area contributed by atoms with E-state index in [1.54, 1.807) is 30.3 Å². The van der Waals surface area contributed by atoms with Crippen molar-refractivity contribution in [2.75, 3.05) is 18.9 Å². The number of para-hydroxylation sites is 1. The van der Waals surface area contributed by atoms with Crippen LogP contribution in [-0.2, 0) is 17.5 Å². The fourth-order valence-electron chi connectivity index (χ4n) is 2.15. The van der Waals surface area contributed by atoms with Crippen molar-refractivity contribution in [3.8, 4) is 0 Å². The molecular formula is C18H20F3IN4O. The second-order valence-corrected chi connectivity index (χ2v) is 5.39. The first-order valence-electron chi connectivity index (χ1n) is 7.84. The molecule has 0 spiro atoms. The Labute approximate surface area is 172 Å². The number of nitrogens with zero attached hydrogens (tertiary/aromatic N) is 1. The van der Waals surface area contributed by atoms with Gasteiger partial charge in [0.25, 0.3) is 0 Å². The maximum Gasteiger partial charge on any atom is 0.416 e. The molecule has 0 aromatic heterocycles. The number of amides is 1. The van der Waals surface area contributed by atoms with Gasteiger partial charge in [-0.15, -0.1) is 24.0 Å². The lowest BCUT2D eigenvalue weighted by Gasteiger charge is -2.13. The van der Waals surface area contributed by atoms with Crippen molar-refractivity contribution in [3.63, 3.8) is 0 Å². The molecule has 0 radical (unpaired) electrons. The molecule has 0 unspecified atom stereocenters. The molecule has 0 saturated carbocycles. The molecule has 9 heteroatoms. The molecule has 27 heavy (non-hydrogen) atoms. The number of aliphatic imine (C=N–C) groups is 1. The van der Waals surface area contributed by atoms with Crippen molar-refractivity contribution in [1.29, 1.82) is 0 Å². The lowest BCUT2D eigenvalue weighted by atomic mass is 10.1. The minimum absolute atomic E-state index is 0. The largest absolute Gasteiger partial charge is 0.416 e. The molecule has 0 atom stereocenters. The summed E-state index contributed by atoms with van der Waals surface area (Å²) in [5.41, 5.74) is 0.421. The minimum Gasteiger partial charge on any atom is -0.352 e. The second-order valence-electron chi connectivity index (χ2n) is 5.39. The molecule has 3 N–H and O–H groups in total. The van der Waals surface area contributed by atoms with Crippen LogP contribution >= 0.6 is 24.0 Å². The van der Waals surface area contributed by atoms with E-state index in [4.69, 9.17) is 0 Å². The first kappa shape index (κ1) is 22.7. The van der Waals surface area contributed by atoms with E-state index in [1.807, 2.05) is 6.07 Å². The van der Waals surface area contributed by atoms with Crippen LogP contribution in [0.25, 0.3) is 0 Å². The van der Waals surface area contributed by atoms with Crippen LogP contribution in [0.3, 0.4) is 0 Å². The number of hydrogen-bond donors (Lipinski definition) is 3. The average molecular weight is 492 g/mol. The third kappa shape index (κ3) is 7.85. The van der Waals surface area contributed by atoms with Crippen LogP contribution in [0.1, 0.15) is 11.1 Å². The zero-order valence-electron chi connectivity index (χ0n) is 14.5. The van der Waals surface area contributed by atoms with Gasteiger partial charge in [0.15, 0.2) is 5.96 Å². The Balaban J connectivity index is 0.00000364. The molecule has 0 aliphatic heterocycles. The van der Waals surface area contributed by atoms with E-state index >= 15 is 0 Å². The quantitative estimate of drug-likeness (QED) is 0.340. The number of hydrogen-bond acceptors (Lipinski definition) is 2. The van der Waals surface area contributed by atoms with Gasteiger partial charge in [0.1, 0.15) is 0 Å². The lowest BCUT2D eigenvalue weighted by Crippen LogP contribution is -2.41. The van der Waals surface area contributed by atoms with Gasteiger partial charge in [-0.25, -0.2) is 0 Å². The van der Waals surface area contributed by atoms with E-state index in [1.165, 1.54) is 13.1 Å². The van der Waals surface area contributed by atoms with E-state index in [0.29, 0.717) is 17.2 Å². The predicted octanol–water partition coefficient (Wildman–Crippen LogP) is 3.63. The van der Waals surface area contributed by atoms with Crippen molar-refractivity contribution in [3.05, 3.63) is 65.7 Å². The van der Waals surface area contributed by atoms with Gasteiger partial charge in [0, 0.05) is 19.3 Å². The van der Waals surface area contributed by atoms with Crippen LogP contribution in [0.4, 0.5) is 18.9 Å². The number of benzene rings is 2. The predicted molar refractivity (Wildman–Crippen MR) is 110 cm³/mol. The molecule has 1 amide bonds. The summed E-state index contributed by atoms with van der Waals surface area (Å²) in [4.78, 5) is 15.8. The van der Waals surface area contributed by atoms with Crippen LogP contribution in [0, 0.1) is 0 Å². The van der Waals surface area contributed by atoms with Crippen molar-refractivity contribution < 1.29 is 18.0 Å². The second kappa shape index (κ2) is 10.8. The van der Waals surface area contributed by atoms with E-state index in [9.17, 15) is 18.0 Å². The van der Waals surface area contributed by atoms with E-state index in [2.05, 4.69) is 20.9 Å². The Hall–Kier alpha value is -2.30.